The van der Waals surface area contributed by atoms with Crippen molar-refractivity contribution in [2.75, 3.05) is 27.9 Å². The molecule has 0 saturated carbocycles. The van der Waals surface area contributed by atoms with Crippen molar-refractivity contribution in [1.29, 1.82) is 0 Å². The standard InChI is InChI=1S/C28H34O12/c1-15(37-17(3)30)20-9-10-22(23(11-20)33-6)40-26(14-36-16(2)29)27(38-18(4)31)21-12-24(34-7)28(39-19(5)32)25(13-21)35-8/h9-13,15,26-27H,14H2,1-8H3/t15?,26-,27-/m1/s1. The molecule has 0 aromatic heterocycles. The molecule has 0 aliphatic rings. The van der Waals surface area contributed by atoms with Gasteiger partial charge in [0, 0.05) is 33.3 Å². The summed E-state index contributed by atoms with van der Waals surface area (Å²) in [5.41, 5.74) is 0.971. The van der Waals surface area contributed by atoms with Crippen LogP contribution in [0.25, 0.3) is 0 Å². The molecule has 0 bridgehead atoms. The molecule has 0 saturated heterocycles. The van der Waals surface area contributed by atoms with Gasteiger partial charge in [0.15, 0.2) is 35.2 Å². The molecule has 40 heavy (non-hydrogen) atoms. The van der Waals surface area contributed by atoms with Gasteiger partial charge in [-0.05, 0) is 36.8 Å². The SMILES string of the molecule is COc1cc(C(C)OC(C)=O)ccc1O[C@H](COC(C)=O)[C@H](OC(C)=O)c1cc(OC)c(OC(C)=O)c(OC)c1. The van der Waals surface area contributed by atoms with Crippen molar-refractivity contribution >= 4 is 23.9 Å². The molecule has 0 fully saturated rings. The molecule has 3 atom stereocenters. The number of methoxy groups -OCH3 is 3. The van der Waals surface area contributed by atoms with Gasteiger partial charge in [-0.3, -0.25) is 19.2 Å². The second-order valence-electron chi connectivity index (χ2n) is 8.50. The van der Waals surface area contributed by atoms with Crippen LogP contribution in [0.1, 0.15) is 58.0 Å². The molecule has 218 valence electrons. The Labute approximate surface area is 232 Å². The summed E-state index contributed by atoms with van der Waals surface area (Å²) < 4.78 is 43.9. The Morgan fingerprint density at radius 1 is 0.675 bits per heavy atom. The van der Waals surface area contributed by atoms with Gasteiger partial charge >= 0.3 is 23.9 Å². The maximum Gasteiger partial charge on any atom is 0.308 e. The Hall–Kier alpha value is -4.48. The maximum atomic E-state index is 12.2. The molecule has 0 spiro atoms. The van der Waals surface area contributed by atoms with Crippen LogP contribution in [-0.4, -0.2) is 57.9 Å². The Morgan fingerprint density at radius 2 is 1.23 bits per heavy atom. The Kier molecular flexibility index (Phi) is 11.6. The van der Waals surface area contributed by atoms with Gasteiger partial charge in [0.1, 0.15) is 12.7 Å². The van der Waals surface area contributed by atoms with Crippen molar-refractivity contribution in [3.63, 3.8) is 0 Å². The van der Waals surface area contributed by atoms with E-state index in [-0.39, 0.29) is 35.4 Å². The van der Waals surface area contributed by atoms with Gasteiger partial charge < -0.3 is 37.9 Å². The highest BCUT2D eigenvalue weighted by Crippen LogP contribution is 2.42. The molecular weight excluding hydrogens is 528 g/mol. The van der Waals surface area contributed by atoms with Gasteiger partial charge in [0.05, 0.1) is 21.3 Å². The van der Waals surface area contributed by atoms with Gasteiger partial charge in [-0.25, -0.2) is 0 Å². The van der Waals surface area contributed by atoms with E-state index >= 15 is 0 Å². The molecule has 2 rings (SSSR count). The first kappa shape index (κ1) is 31.7. The lowest BCUT2D eigenvalue weighted by molar-refractivity contribution is -0.157. The summed E-state index contributed by atoms with van der Waals surface area (Å²) in [6.07, 6.45) is -2.80. The zero-order valence-electron chi connectivity index (χ0n) is 23.7. The zero-order valence-corrected chi connectivity index (χ0v) is 23.7. The van der Waals surface area contributed by atoms with Crippen molar-refractivity contribution < 1.29 is 57.1 Å². The Balaban J connectivity index is 2.61. The van der Waals surface area contributed by atoms with E-state index in [1.165, 1.54) is 61.2 Å². The molecular formula is C28H34O12. The van der Waals surface area contributed by atoms with Crippen LogP contribution >= 0.6 is 0 Å². The smallest absolute Gasteiger partial charge is 0.308 e. The molecule has 12 heteroatoms. The fraction of sp³-hybridized carbons (Fsp3) is 0.429. The van der Waals surface area contributed by atoms with E-state index in [2.05, 4.69) is 0 Å². The van der Waals surface area contributed by atoms with E-state index in [0.29, 0.717) is 11.1 Å². The summed E-state index contributed by atoms with van der Waals surface area (Å²) in [5.74, 6) is -1.51. The third-order valence-corrected chi connectivity index (χ3v) is 5.42. The highest BCUT2D eigenvalue weighted by molar-refractivity contribution is 5.72. The quantitative estimate of drug-likeness (QED) is 0.199. The van der Waals surface area contributed by atoms with Gasteiger partial charge in [0.25, 0.3) is 0 Å². The first-order valence-electron chi connectivity index (χ1n) is 12.2. The predicted molar refractivity (Wildman–Crippen MR) is 140 cm³/mol. The molecule has 0 aliphatic heterocycles. The summed E-state index contributed by atoms with van der Waals surface area (Å²) >= 11 is 0. The predicted octanol–water partition coefficient (Wildman–Crippen LogP) is 3.88. The van der Waals surface area contributed by atoms with E-state index in [0.717, 1.165) is 0 Å². The molecule has 0 radical (unpaired) electrons. The van der Waals surface area contributed by atoms with E-state index < -0.39 is 42.2 Å². The fourth-order valence-corrected chi connectivity index (χ4v) is 3.74. The lowest BCUT2D eigenvalue weighted by Gasteiger charge is -2.29. The van der Waals surface area contributed by atoms with Crippen LogP contribution in [0.2, 0.25) is 0 Å². The Bertz CT molecular complexity index is 1200. The first-order valence-corrected chi connectivity index (χ1v) is 12.2. The fourth-order valence-electron chi connectivity index (χ4n) is 3.74. The van der Waals surface area contributed by atoms with Crippen LogP contribution in [0.15, 0.2) is 30.3 Å². The summed E-state index contributed by atoms with van der Waals surface area (Å²) in [6, 6.07) is 7.87. The first-order chi connectivity index (χ1) is 18.9. The van der Waals surface area contributed by atoms with Gasteiger partial charge in [0.2, 0.25) is 5.75 Å². The minimum atomic E-state index is -1.16. The number of esters is 4. The zero-order chi connectivity index (χ0) is 30.0. The van der Waals surface area contributed by atoms with E-state index in [4.69, 9.17) is 37.9 Å². The van der Waals surface area contributed by atoms with Gasteiger partial charge in [-0.15, -0.1) is 0 Å². The molecule has 2 aromatic rings. The van der Waals surface area contributed by atoms with Crippen LogP contribution in [0.5, 0.6) is 28.7 Å². The monoisotopic (exact) mass is 562 g/mol. The highest BCUT2D eigenvalue weighted by Gasteiger charge is 2.33. The number of carbonyl (C=O) groups is 4. The number of rotatable bonds is 13. The lowest BCUT2D eigenvalue weighted by atomic mass is 10.0. The lowest BCUT2D eigenvalue weighted by Crippen LogP contribution is -2.34. The van der Waals surface area contributed by atoms with Crippen LogP contribution in [0, 0.1) is 0 Å². The van der Waals surface area contributed by atoms with Crippen LogP contribution in [0.3, 0.4) is 0 Å². The third-order valence-electron chi connectivity index (χ3n) is 5.42. The third kappa shape index (κ3) is 8.79. The number of hydrogen-bond acceptors (Lipinski definition) is 12. The number of hydrogen-bond donors (Lipinski definition) is 0. The molecule has 0 amide bonds. The highest BCUT2D eigenvalue weighted by atomic mass is 16.6. The largest absolute Gasteiger partial charge is 0.493 e. The number of carbonyl (C=O) groups excluding carboxylic acids is 4. The molecule has 1 unspecified atom stereocenters. The van der Waals surface area contributed by atoms with E-state index in [1.807, 2.05) is 0 Å². The molecule has 0 N–H and O–H groups in total. The minimum absolute atomic E-state index is 0.0273. The van der Waals surface area contributed by atoms with Crippen LogP contribution < -0.4 is 23.7 Å². The second kappa shape index (κ2) is 14.6. The summed E-state index contributed by atoms with van der Waals surface area (Å²) in [5, 5.41) is 0. The Morgan fingerprint density at radius 3 is 1.70 bits per heavy atom. The maximum absolute atomic E-state index is 12.2. The van der Waals surface area contributed by atoms with Crippen molar-refractivity contribution in [3.05, 3.63) is 41.5 Å². The summed E-state index contributed by atoms with van der Waals surface area (Å²) in [7, 11) is 4.15. The minimum Gasteiger partial charge on any atom is -0.493 e. The van der Waals surface area contributed by atoms with Crippen molar-refractivity contribution in [3.8, 4) is 28.7 Å². The number of benzene rings is 2. The molecule has 2 aromatic carbocycles. The van der Waals surface area contributed by atoms with E-state index in [9.17, 15) is 19.2 Å². The molecule has 12 nitrogen and oxygen atoms in total. The molecule has 0 aliphatic carbocycles. The summed E-state index contributed by atoms with van der Waals surface area (Å²) in [6.45, 7) is 6.36. The molecule has 0 heterocycles. The average molecular weight is 563 g/mol. The van der Waals surface area contributed by atoms with Crippen molar-refractivity contribution in [1.82, 2.24) is 0 Å². The number of ether oxygens (including phenoxy) is 8. The van der Waals surface area contributed by atoms with E-state index in [1.54, 1.807) is 25.1 Å². The average Bonchev–Trinajstić information content (AvgIpc) is 2.88. The normalized spacial score (nSPS) is 12.7. The van der Waals surface area contributed by atoms with Crippen LogP contribution in [-0.2, 0) is 33.4 Å². The summed E-state index contributed by atoms with van der Waals surface area (Å²) in [4.78, 5) is 46.9. The van der Waals surface area contributed by atoms with Crippen LogP contribution in [0.4, 0.5) is 0 Å². The van der Waals surface area contributed by atoms with Crippen molar-refractivity contribution in [2.45, 2.75) is 52.9 Å². The van der Waals surface area contributed by atoms with Gasteiger partial charge in [-0.2, -0.15) is 0 Å². The second-order valence-corrected chi connectivity index (χ2v) is 8.50. The topological polar surface area (TPSA) is 142 Å². The van der Waals surface area contributed by atoms with Crippen molar-refractivity contribution in [2.24, 2.45) is 0 Å². The van der Waals surface area contributed by atoms with Gasteiger partial charge in [-0.1, -0.05) is 6.07 Å².